The molecule has 0 saturated carbocycles. The number of thioether (sulfide) groups is 1. The van der Waals surface area contributed by atoms with Crippen molar-refractivity contribution in [1.82, 2.24) is 14.7 Å². The van der Waals surface area contributed by atoms with Crippen molar-refractivity contribution in [2.24, 2.45) is 0 Å². The van der Waals surface area contributed by atoms with E-state index < -0.39 is 10.0 Å². The predicted octanol–water partition coefficient (Wildman–Crippen LogP) is 0.938. The highest BCUT2D eigenvalue weighted by Gasteiger charge is 2.14. The molecule has 0 saturated heterocycles. The molecule has 0 spiro atoms. The van der Waals surface area contributed by atoms with Crippen LogP contribution in [0, 0.1) is 0 Å². The van der Waals surface area contributed by atoms with E-state index in [1.165, 1.54) is 12.4 Å². The Hall–Kier alpha value is -0.860. The number of aromatic nitrogens is 2. The van der Waals surface area contributed by atoms with Crippen LogP contribution in [-0.4, -0.2) is 43.5 Å². The van der Waals surface area contributed by atoms with Gasteiger partial charge in [0.1, 0.15) is 4.90 Å². The Labute approximate surface area is 112 Å². The van der Waals surface area contributed by atoms with Gasteiger partial charge in [-0.05, 0) is 12.7 Å². The molecule has 2 N–H and O–H groups in total. The lowest BCUT2D eigenvalue weighted by Crippen LogP contribution is -2.26. The summed E-state index contributed by atoms with van der Waals surface area (Å²) in [6, 6.07) is 0. The van der Waals surface area contributed by atoms with Gasteiger partial charge in [-0.2, -0.15) is 11.8 Å². The van der Waals surface area contributed by atoms with Crippen molar-refractivity contribution >= 4 is 27.7 Å². The maximum Gasteiger partial charge on any atom is 0.243 e. The van der Waals surface area contributed by atoms with Crippen LogP contribution in [0.5, 0.6) is 0 Å². The summed E-state index contributed by atoms with van der Waals surface area (Å²) >= 11 is 1.71. The summed E-state index contributed by atoms with van der Waals surface area (Å²) in [7, 11) is -1.83. The molecule has 1 heterocycles. The maximum atomic E-state index is 11.9. The van der Waals surface area contributed by atoms with Gasteiger partial charge < -0.3 is 5.32 Å². The number of hydrogen-bond acceptors (Lipinski definition) is 6. The predicted molar refractivity (Wildman–Crippen MR) is 74.4 cm³/mol. The lowest BCUT2D eigenvalue weighted by Gasteiger charge is -2.09. The minimum atomic E-state index is -3.50. The number of rotatable bonds is 7. The van der Waals surface area contributed by atoms with E-state index in [1.807, 2.05) is 6.26 Å². The van der Waals surface area contributed by atoms with Crippen molar-refractivity contribution in [3.63, 3.8) is 0 Å². The first kappa shape index (κ1) is 15.2. The van der Waals surface area contributed by atoms with Gasteiger partial charge in [-0.1, -0.05) is 6.92 Å². The molecule has 1 aromatic heterocycles. The van der Waals surface area contributed by atoms with Crippen molar-refractivity contribution in [3.8, 4) is 0 Å². The fourth-order valence-electron chi connectivity index (χ4n) is 1.18. The van der Waals surface area contributed by atoms with Gasteiger partial charge in [-0.15, -0.1) is 0 Å². The van der Waals surface area contributed by atoms with Crippen LogP contribution in [-0.2, 0) is 10.0 Å². The molecule has 0 fully saturated rings. The number of anilines is 1. The van der Waals surface area contributed by atoms with Gasteiger partial charge in [0, 0.05) is 18.8 Å². The zero-order valence-electron chi connectivity index (χ0n) is 10.7. The zero-order valence-corrected chi connectivity index (χ0v) is 12.3. The van der Waals surface area contributed by atoms with E-state index >= 15 is 0 Å². The van der Waals surface area contributed by atoms with Crippen molar-refractivity contribution in [1.29, 1.82) is 0 Å². The molecule has 1 atom stereocenters. The molecule has 0 aliphatic heterocycles. The van der Waals surface area contributed by atoms with Gasteiger partial charge in [-0.3, -0.25) is 0 Å². The summed E-state index contributed by atoms with van der Waals surface area (Å²) in [6.07, 6.45) is 5.37. The van der Waals surface area contributed by atoms with Gasteiger partial charge in [0.05, 0.1) is 12.4 Å². The van der Waals surface area contributed by atoms with Crippen LogP contribution in [0.2, 0.25) is 0 Å². The highest BCUT2D eigenvalue weighted by molar-refractivity contribution is 7.99. The Bertz CT molecular complexity index is 461. The third-order valence-electron chi connectivity index (χ3n) is 2.41. The third-order valence-corrected chi connectivity index (χ3v) is 4.86. The van der Waals surface area contributed by atoms with E-state index in [4.69, 9.17) is 0 Å². The van der Waals surface area contributed by atoms with Gasteiger partial charge in [-0.25, -0.2) is 23.1 Å². The first-order valence-corrected chi connectivity index (χ1v) is 8.29. The normalized spacial score (nSPS) is 13.3. The SMILES string of the molecule is CNc1ncc(S(=O)(=O)NCCC(C)SC)cn1. The van der Waals surface area contributed by atoms with Crippen LogP contribution >= 0.6 is 11.8 Å². The fraction of sp³-hybridized carbons (Fsp3) is 0.600. The number of sulfonamides is 1. The van der Waals surface area contributed by atoms with Crippen LogP contribution < -0.4 is 10.0 Å². The Kier molecular flexibility index (Phi) is 5.83. The number of hydrogen-bond donors (Lipinski definition) is 2. The maximum absolute atomic E-state index is 11.9. The average Bonchev–Trinajstić information content (AvgIpc) is 2.38. The molecular formula is C10H18N4O2S2. The lowest BCUT2D eigenvalue weighted by molar-refractivity contribution is 0.578. The molecule has 102 valence electrons. The molecule has 0 amide bonds. The summed E-state index contributed by atoms with van der Waals surface area (Å²) in [6.45, 7) is 2.47. The smallest absolute Gasteiger partial charge is 0.243 e. The first-order chi connectivity index (χ1) is 8.49. The van der Waals surface area contributed by atoms with Gasteiger partial charge in [0.25, 0.3) is 0 Å². The van der Waals surface area contributed by atoms with E-state index in [0.717, 1.165) is 6.42 Å². The van der Waals surface area contributed by atoms with E-state index in [-0.39, 0.29) is 4.90 Å². The standard InChI is InChI=1S/C10H18N4O2S2/c1-8(17-3)4-5-14-18(15,16)9-6-12-10(11-2)13-7-9/h6-8,14H,4-5H2,1-3H3,(H,11,12,13). The average molecular weight is 290 g/mol. The van der Waals surface area contributed by atoms with Crippen molar-refractivity contribution < 1.29 is 8.42 Å². The summed E-state index contributed by atoms with van der Waals surface area (Å²) in [4.78, 5) is 7.84. The zero-order chi connectivity index (χ0) is 13.6. The van der Waals surface area contributed by atoms with E-state index in [0.29, 0.717) is 17.7 Å². The largest absolute Gasteiger partial charge is 0.357 e. The molecule has 0 aliphatic rings. The van der Waals surface area contributed by atoms with Gasteiger partial charge in [0.2, 0.25) is 16.0 Å². The fourth-order valence-corrected chi connectivity index (χ4v) is 2.47. The second-order valence-corrected chi connectivity index (χ2v) is 6.77. The second kappa shape index (κ2) is 6.91. The molecule has 0 aromatic carbocycles. The molecular weight excluding hydrogens is 272 g/mol. The summed E-state index contributed by atoms with van der Waals surface area (Å²) < 4.78 is 26.3. The van der Waals surface area contributed by atoms with Crippen LogP contribution in [0.4, 0.5) is 5.95 Å². The monoisotopic (exact) mass is 290 g/mol. The van der Waals surface area contributed by atoms with Crippen molar-refractivity contribution in [2.75, 3.05) is 25.2 Å². The highest BCUT2D eigenvalue weighted by Crippen LogP contribution is 2.10. The van der Waals surface area contributed by atoms with E-state index in [2.05, 4.69) is 26.9 Å². The summed E-state index contributed by atoms with van der Waals surface area (Å²) in [5, 5.41) is 3.16. The lowest BCUT2D eigenvalue weighted by atomic mass is 10.3. The molecule has 6 nitrogen and oxygen atoms in total. The molecule has 1 rings (SSSR count). The minimum absolute atomic E-state index is 0.0818. The Morgan fingerprint density at radius 2 is 2.00 bits per heavy atom. The molecule has 0 radical (unpaired) electrons. The first-order valence-electron chi connectivity index (χ1n) is 5.52. The quantitative estimate of drug-likeness (QED) is 0.777. The second-order valence-electron chi connectivity index (χ2n) is 3.73. The number of nitrogens with one attached hydrogen (secondary N) is 2. The topological polar surface area (TPSA) is 84.0 Å². The molecule has 0 bridgehead atoms. The van der Waals surface area contributed by atoms with Crippen LogP contribution in [0.3, 0.4) is 0 Å². The Morgan fingerprint density at radius 1 is 1.39 bits per heavy atom. The molecule has 1 unspecified atom stereocenters. The Balaban J connectivity index is 2.62. The van der Waals surface area contributed by atoms with Crippen LogP contribution in [0.25, 0.3) is 0 Å². The van der Waals surface area contributed by atoms with Crippen LogP contribution in [0.1, 0.15) is 13.3 Å². The highest BCUT2D eigenvalue weighted by atomic mass is 32.2. The Morgan fingerprint density at radius 3 is 2.50 bits per heavy atom. The van der Waals surface area contributed by atoms with Crippen molar-refractivity contribution in [3.05, 3.63) is 12.4 Å². The number of nitrogens with zero attached hydrogens (tertiary/aromatic N) is 2. The third kappa shape index (κ3) is 4.43. The molecule has 1 aromatic rings. The molecule has 8 heteroatoms. The molecule has 18 heavy (non-hydrogen) atoms. The van der Waals surface area contributed by atoms with Gasteiger partial charge in [0.15, 0.2) is 0 Å². The summed E-state index contributed by atoms with van der Waals surface area (Å²) in [5.41, 5.74) is 0. The van der Waals surface area contributed by atoms with Crippen molar-refractivity contribution in [2.45, 2.75) is 23.5 Å². The molecule has 0 aliphatic carbocycles. The van der Waals surface area contributed by atoms with Gasteiger partial charge >= 0.3 is 0 Å². The van der Waals surface area contributed by atoms with E-state index in [9.17, 15) is 8.42 Å². The van der Waals surface area contributed by atoms with E-state index in [1.54, 1.807) is 18.8 Å². The summed E-state index contributed by atoms with van der Waals surface area (Å²) in [5.74, 6) is 0.393. The van der Waals surface area contributed by atoms with Crippen LogP contribution in [0.15, 0.2) is 17.3 Å². The minimum Gasteiger partial charge on any atom is -0.357 e.